The Hall–Kier alpha value is -0.480. The van der Waals surface area contributed by atoms with Gasteiger partial charge in [-0.1, -0.05) is 41.5 Å². The van der Waals surface area contributed by atoms with Gasteiger partial charge in [-0.05, 0) is 24.5 Å². The molecular weight excluding hydrogens is 230 g/mol. The van der Waals surface area contributed by atoms with E-state index in [0.29, 0.717) is 12.0 Å². The average Bonchev–Trinajstić information content (AvgIpc) is 2.73. The highest BCUT2D eigenvalue weighted by atomic mass is 32.1. The molecule has 0 aliphatic rings. The molecule has 3 nitrogen and oxygen atoms in total. The Morgan fingerprint density at radius 1 is 1.29 bits per heavy atom. The molecule has 0 saturated heterocycles. The normalized spacial score (nSPS) is 15.9. The maximum atomic E-state index is 4.70. The van der Waals surface area contributed by atoms with Crippen LogP contribution in [0.25, 0.3) is 0 Å². The van der Waals surface area contributed by atoms with E-state index in [4.69, 9.17) is 4.98 Å². The second-order valence-electron chi connectivity index (χ2n) is 5.57. The highest BCUT2D eigenvalue weighted by molar-refractivity contribution is 7.05. The molecule has 1 heterocycles. The second-order valence-corrected chi connectivity index (χ2v) is 6.35. The molecule has 0 aromatic carbocycles. The van der Waals surface area contributed by atoms with Crippen LogP contribution in [0, 0.1) is 0 Å². The molecule has 98 valence electrons. The lowest BCUT2D eigenvalue weighted by Crippen LogP contribution is -2.33. The molecule has 0 radical (unpaired) electrons. The average molecular weight is 255 g/mol. The number of nitrogens with zero attached hydrogens (tertiary/aromatic N) is 2. The molecule has 1 aromatic rings. The zero-order valence-corrected chi connectivity index (χ0v) is 12.7. The van der Waals surface area contributed by atoms with Crippen molar-refractivity contribution in [2.75, 3.05) is 6.54 Å². The summed E-state index contributed by atoms with van der Waals surface area (Å²) in [5.41, 5.74) is 0.0500. The maximum Gasteiger partial charge on any atom is 0.147 e. The van der Waals surface area contributed by atoms with Crippen LogP contribution in [-0.4, -0.2) is 21.9 Å². The molecule has 0 fully saturated rings. The Balaban J connectivity index is 2.82. The predicted molar refractivity (Wildman–Crippen MR) is 74.8 cm³/mol. The minimum absolute atomic E-state index is 0.0500. The number of aromatic nitrogens is 2. The van der Waals surface area contributed by atoms with Gasteiger partial charge in [-0.15, -0.1) is 0 Å². The summed E-state index contributed by atoms with van der Waals surface area (Å²) >= 11 is 1.55. The molecule has 2 unspecified atom stereocenters. The molecule has 0 amide bonds. The van der Waals surface area contributed by atoms with Gasteiger partial charge in [-0.25, -0.2) is 4.98 Å². The standard InChI is InChI=1S/C13H25N3S/c1-7-10(14-8-2)9(3)11-15-12(16-17-11)13(4,5)6/h9-10,14H,7-8H2,1-6H3. The summed E-state index contributed by atoms with van der Waals surface area (Å²) in [7, 11) is 0. The quantitative estimate of drug-likeness (QED) is 0.877. The van der Waals surface area contributed by atoms with Gasteiger partial charge in [0.25, 0.3) is 0 Å². The van der Waals surface area contributed by atoms with Crippen molar-refractivity contribution < 1.29 is 0 Å². The van der Waals surface area contributed by atoms with Crippen LogP contribution in [0.1, 0.15) is 64.7 Å². The molecule has 1 aromatic heterocycles. The van der Waals surface area contributed by atoms with Gasteiger partial charge in [0.2, 0.25) is 0 Å². The first kappa shape index (κ1) is 14.6. The lowest BCUT2D eigenvalue weighted by atomic mass is 9.95. The van der Waals surface area contributed by atoms with Crippen LogP contribution in [0.2, 0.25) is 0 Å². The third kappa shape index (κ3) is 3.75. The predicted octanol–water partition coefficient (Wildman–Crippen LogP) is 3.33. The fourth-order valence-electron chi connectivity index (χ4n) is 1.83. The van der Waals surface area contributed by atoms with Crippen LogP contribution in [0.5, 0.6) is 0 Å². The van der Waals surface area contributed by atoms with Crippen molar-refractivity contribution in [3.8, 4) is 0 Å². The summed E-state index contributed by atoms with van der Waals surface area (Å²) in [5, 5.41) is 4.67. The van der Waals surface area contributed by atoms with Crippen molar-refractivity contribution in [3.05, 3.63) is 10.8 Å². The zero-order chi connectivity index (χ0) is 13.1. The first-order valence-electron chi connectivity index (χ1n) is 6.47. The van der Waals surface area contributed by atoms with Crippen molar-refractivity contribution in [1.29, 1.82) is 0 Å². The fourth-order valence-corrected chi connectivity index (χ4v) is 2.79. The van der Waals surface area contributed by atoms with Crippen LogP contribution >= 0.6 is 11.5 Å². The second kappa shape index (κ2) is 5.91. The minimum atomic E-state index is 0.0500. The Labute approximate surface area is 109 Å². The van der Waals surface area contributed by atoms with Gasteiger partial charge in [0, 0.05) is 17.4 Å². The zero-order valence-electron chi connectivity index (χ0n) is 11.9. The van der Waals surface area contributed by atoms with Crippen molar-refractivity contribution in [2.24, 2.45) is 0 Å². The van der Waals surface area contributed by atoms with Crippen LogP contribution in [0.3, 0.4) is 0 Å². The van der Waals surface area contributed by atoms with E-state index >= 15 is 0 Å². The molecule has 0 saturated carbocycles. The van der Waals surface area contributed by atoms with Crippen molar-refractivity contribution in [3.63, 3.8) is 0 Å². The van der Waals surface area contributed by atoms with Gasteiger partial charge in [0.1, 0.15) is 10.8 Å². The Kier molecular flexibility index (Phi) is 5.07. The van der Waals surface area contributed by atoms with E-state index in [0.717, 1.165) is 23.8 Å². The molecule has 4 heteroatoms. The van der Waals surface area contributed by atoms with E-state index in [1.54, 1.807) is 11.5 Å². The van der Waals surface area contributed by atoms with Crippen LogP contribution in [0.15, 0.2) is 0 Å². The Morgan fingerprint density at radius 2 is 1.94 bits per heavy atom. The smallest absolute Gasteiger partial charge is 0.147 e. The largest absolute Gasteiger partial charge is 0.314 e. The summed E-state index contributed by atoms with van der Waals surface area (Å²) in [6.45, 7) is 14.1. The number of hydrogen-bond donors (Lipinski definition) is 1. The van der Waals surface area contributed by atoms with Crippen LogP contribution in [0.4, 0.5) is 0 Å². The number of likely N-dealkylation sites (N-methyl/N-ethyl adjacent to an activating group) is 1. The summed E-state index contributed by atoms with van der Waals surface area (Å²) in [6, 6.07) is 0.501. The van der Waals surface area contributed by atoms with Gasteiger partial charge < -0.3 is 5.32 Å². The molecule has 0 aliphatic carbocycles. The molecule has 2 atom stereocenters. The van der Waals surface area contributed by atoms with Crippen LogP contribution < -0.4 is 5.32 Å². The van der Waals surface area contributed by atoms with E-state index in [9.17, 15) is 0 Å². The highest BCUT2D eigenvalue weighted by Gasteiger charge is 2.24. The third-order valence-corrected chi connectivity index (χ3v) is 3.93. The topological polar surface area (TPSA) is 37.8 Å². The number of nitrogens with one attached hydrogen (secondary N) is 1. The molecule has 1 rings (SSSR count). The first-order chi connectivity index (χ1) is 7.90. The fraction of sp³-hybridized carbons (Fsp3) is 0.846. The molecule has 17 heavy (non-hydrogen) atoms. The van der Waals surface area contributed by atoms with Gasteiger partial charge in [-0.2, -0.15) is 4.37 Å². The van der Waals surface area contributed by atoms with E-state index in [1.807, 2.05) is 0 Å². The van der Waals surface area contributed by atoms with E-state index < -0.39 is 0 Å². The third-order valence-electron chi connectivity index (χ3n) is 3.01. The van der Waals surface area contributed by atoms with Crippen molar-refractivity contribution in [1.82, 2.24) is 14.7 Å². The SMILES string of the molecule is CCNC(CC)C(C)c1nc(C(C)(C)C)ns1. The number of hydrogen-bond acceptors (Lipinski definition) is 4. The van der Waals surface area contributed by atoms with Gasteiger partial charge in [0.05, 0.1) is 0 Å². The van der Waals surface area contributed by atoms with Crippen LogP contribution in [-0.2, 0) is 5.41 Å². The maximum absolute atomic E-state index is 4.70. The number of rotatable bonds is 5. The van der Waals surface area contributed by atoms with E-state index in [1.165, 1.54) is 0 Å². The lowest BCUT2D eigenvalue weighted by molar-refractivity contribution is 0.445. The minimum Gasteiger partial charge on any atom is -0.314 e. The molecular formula is C13H25N3S. The van der Waals surface area contributed by atoms with Crippen molar-refractivity contribution >= 4 is 11.5 Å². The molecule has 0 aliphatic heterocycles. The first-order valence-corrected chi connectivity index (χ1v) is 7.24. The Morgan fingerprint density at radius 3 is 2.35 bits per heavy atom. The van der Waals surface area contributed by atoms with Gasteiger partial charge in [-0.3, -0.25) is 0 Å². The monoisotopic (exact) mass is 255 g/mol. The molecule has 0 bridgehead atoms. The lowest BCUT2D eigenvalue weighted by Gasteiger charge is -2.21. The summed E-state index contributed by atoms with van der Waals surface area (Å²) in [4.78, 5) is 4.70. The van der Waals surface area contributed by atoms with Gasteiger partial charge in [0.15, 0.2) is 0 Å². The summed E-state index contributed by atoms with van der Waals surface area (Å²) in [5.74, 6) is 1.41. The molecule has 1 N–H and O–H groups in total. The van der Waals surface area contributed by atoms with Gasteiger partial charge >= 0.3 is 0 Å². The Bertz CT molecular complexity index is 341. The van der Waals surface area contributed by atoms with E-state index in [-0.39, 0.29) is 5.41 Å². The highest BCUT2D eigenvalue weighted by Crippen LogP contribution is 2.27. The summed E-state index contributed by atoms with van der Waals surface area (Å²) in [6.07, 6.45) is 1.12. The van der Waals surface area contributed by atoms with Crippen molar-refractivity contribution in [2.45, 2.75) is 65.3 Å². The van der Waals surface area contributed by atoms with E-state index in [2.05, 4.69) is 51.2 Å². The summed E-state index contributed by atoms with van der Waals surface area (Å²) < 4.78 is 4.49. The molecule has 0 spiro atoms.